The van der Waals surface area contributed by atoms with Crippen LogP contribution < -0.4 is 5.73 Å². The van der Waals surface area contributed by atoms with Gasteiger partial charge in [-0.05, 0) is 17.5 Å². The van der Waals surface area contributed by atoms with Crippen LogP contribution in [0.25, 0.3) is 0 Å². The molecule has 1 unspecified atom stereocenters. The molecule has 0 heterocycles. The predicted octanol–water partition coefficient (Wildman–Crippen LogP) is 1.12. The van der Waals surface area contributed by atoms with Gasteiger partial charge in [0, 0.05) is 13.7 Å². The highest BCUT2D eigenvalue weighted by Gasteiger charge is 2.17. The predicted molar refractivity (Wildman–Crippen MR) is 65.4 cm³/mol. The Morgan fingerprint density at radius 1 is 1.24 bits per heavy atom. The first-order valence-electron chi connectivity index (χ1n) is 5.56. The molecule has 4 nitrogen and oxygen atoms in total. The average Bonchev–Trinajstić information content (AvgIpc) is 2.37. The van der Waals surface area contributed by atoms with Crippen LogP contribution >= 0.6 is 0 Å². The molecule has 0 saturated carbocycles. The maximum absolute atomic E-state index is 11.4. The number of hydrogen-bond donors (Lipinski definition) is 1. The van der Waals surface area contributed by atoms with Crippen molar-refractivity contribution in [2.75, 3.05) is 20.8 Å². The number of methoxy groups -OCH3 is 2. The molecule has 0 aliphatic rings. The van der Waals surface area contributed by atoms with E-state index in [9.17, 15) is 4.79 Å². The molecular weight excluding hydrogens is 218 g/mol. The molecule has 0 spiro atoms. The smallest absolute Gasteiger partial charge is 0.310 e. The molecule has 0 aromatic heterocycles. The fourth-order valence-electron chi connectivity index (χ4n) is 1.65. The number of benzene rings is 1. The summed E-state index contributed by atoms with van der Waals surface area (Å²) in [5.74, 6) is -0.526. The lowest BCUT2D eigenvalue weighted by molar-refractivity contribution is -0.145. The van der Waals surface area contributed by atoms with Gasteiger partial charge in [0.25, 0.3) is 0 Å². The third-order valence-corrected chi connectivity index (χ3v) is 2.64. The lowest BCUT2D eigenvalue weighted by Gasteiger charge is -2.12. The lowest BCUT2D eigenvalue weighted by atomic mass is 9.99. The summed E-state index contributed by atoms with van der Waals surface area (Å²) >= 11 is 0. The Kier molecular flexibility index (Phi) is 5.66. The highest BCUT2D eigenvalue weighted by Crippen LogP contribution is 2.11. The van der Waals surface area contributed by atoms with Crippen molar-refractivity contribution >= 4 is 5.97 Å². The largest absolute Gasteiger partial charge is 0.469 e. The van der Waals surface area contributed by atoms with Gasteiger partial charge >= 0.3 is 5.97 Å². The third-order valence-electron chi connectivity index (χ3n) is 2.64. The summed E-state index contributed by atoms with van der Waals surface area (Å²) in [6, 6.07) is 7.95. The van der Waals surface area contributed by atoms with Gasteiger partial charge in [-0.15, -0.1) is 0 Å². The molecule has 17 heavy (non-hydrogen) atoms. The standard InChI is InChI=1S/C13H19NO3/c1-16-9-11-5-3-10(4-6-11)7-12(8-14)13(15)17-2/h3-6,12H,7-9,14H2,1-2H3. The first-order chi connectivity index (χ1) is 8.21. The van der Waals surface area contributed by atoms with Crippen molar-refractivity contribution in [2.45, 2.75) is 13.0 Å². The van der Waals surface area contributed by atoms with Crippen LogP contribution in [-0.4, -0.2) is 26.7 Å². The maximum atomic E-state index is 11.4. The Bertz CT molecular complexity index is 348. The molecule has 0 saturated heterocycles. The summed E-state index contributed by atoms with van der Waals surface area (Å²) in [5.41, 5.74) is 7.74. The van der Waals surface area contributed by atoms with E-state index in [4.69, 9.17) is 15.2 Å². The van der Waals surface area contributed by atoms with E-state index < -0.39 is 0 Å². The van der Waals surface area contributed by atoms with E-state index in [2.05, 4.69) is 0 Å². The molecule has 1 aromatic rings. The highest BCUT2D eigenvalue weighted by atomic mass is 16.5. The monoisotopic (exact) mass is 237 g/mol. The van der Waals surface area contributed by atoms with Gasteiger partial charge in [-0.2, -0.15) is 0 Å². The summed E-state index contributed by atoms with van der Waals surface area (Å²) in [5, 5.41) is 0. The molecule has 0 radical (unpaired) electrons. The quantitative estimate of drug-likeness (QED) is 0.753. The van der Waals surface area contributed by atoms with E-state index in [-0.39, 0.29) is 11.9 Å². The van der Waals surface area contributed by atoms with Crippen molar-refractivity contribution < 1.29 is 14.3 Å². The fourth-order valence-corrected chi connectivity index (χ4v) is 1.65. The Hall–Kier alpha value is -1.39. The molecule has 4 heteroatoms. The number of carbonyl (C=O) groups is 1. The molecule has 1 aromatic carbocycles. The maximum Gasteiger partial charge on any atom is 0.310 e. The SMILES string of the molecule is COCc1ccc(CC(CN)C(=O)OC)cc1. The van der Waals surface area contributed by atoms with E-state index in [0.717, 1.165) is 11.1 Å². The molecule has 94 valence electrons. The zero-order chi connectivity index (χ0) is 12.7. The Morgan fingerprint density at radius 2 is 1.82 bits per heavy atom. The van der Waals surface area contributed by atoms with Crippen LogP contribution in [-0.2, 0) is 27.3 Å². The van der Waals surface area contributed by atoms with E-state index in [1.807, 2.05) is 24.3 Å². The molecule has 1 rings (SSSR count). The molecule has 0 fully saturated rings. The second-order valence-electron chi connectivity index (χ2n) is 3.91. The van der Waals surface area contributed by atoms with Crippen molar-refractivity contribution in [3.8, 4) is 0 Å². The molecule has 1 atom stereocenters. The van der Waals surface area contributed by atoms with Crippen LogP contribution in [0.15, 0.2) is 24.3 Å². The van der Waals surface area contributed by atoms with Gasteiger partial charge in [0.2, 0.25) is 0 Å². The van der Waals surface area contributed by atoms with E-state index >= 15 is 0 Å². The number of ether oxygens (including phenoxy) is 2. The number of nitrogens with two attached hydrogens (primary N) is 1. The minimum Gasteiger partial charge on any atom is -0.469 e. The zero-order valence-corrected chi connectivity index (χ0v) is 10.3. The number of esters is 1. The molecule has 0 aliphatic heterocycles. The number of hydrogen-bond acceptors (Lipinski definition) is 4. The number of carbonyl (C=O) groups excluding carboxylic acids is 1. The van der Waals surface area contributed by atoms with Gasteiger partial charge < -0.3 is 15.2 Å². The van der Waals surface area contributed by atoms with Crippen LogP contribution in [0.4, 0.5) is 0 Å². The summed E-state index contributed by atoms with van der Waals surface area (Å²) in [7, 11) is 3.04. The van der Waals surface area contributed by atoms with Crippen LogP contribution in [0.1, 0.15) is 11.1 Å². The summed E-state index contributed by atoms with van der Waals surface area (Å²) in [6.07, 6.45) is 0.608. The first kappa shape index (κ1) is 13.7. The van der Waals surface area contributed by atoms with Crippen LogP contribution in [0.5, 0.6) is 0 Å². The van der Waals surface area contributed by atoms with Crippen molar-refractivity contribution in [1.82, 2.24) is 0 Å². The minimum absolute atomic E-state index is 0.256. The van der Waals surface area contributed by atoms with E-state index in [1.165, 1.54) is 7.11 Å². The van der Waals surface area contributed by atoms with Gasteiger partial charge in [-0.3, -0.25) is 4.79 Å². The Morgan fingerprint density at radius 3 is 2.29 bits per heavy atom. The van der Waals surface area contributed by atoms with Gasteiger partial charge in [0.05, 0.1) is 19.6 Å². The third kappa shape index (κ3) is 4.17. The molecule has 0 aliphatic carbocycles. The van der Waals surface area contributed by atoms with Gasteiger partial charge in [-0.1, -0.05) is 24.3 Å². The summed E-state index contributed by atoms with van der Waals surface area (Å²) < 4.78 is 9.73. The zero-order valence-electron chi connectivity index (χ0n) is 10.3. The van der Waals surface area contributed by atoms with Crippen LogP contribution in [0.2, 0.25) is 0 Å². The van der Waals surface area contributed by atoms with Crippen molar-refractivity contribution in [1.29, 1.82) is 0 Å². The Labute approximate surface area is 102 Å². The Balaban J connectivity index is 2.64. The van der Waals surface area contributed by atoms with E-state index in [1.54, 1.807) is 7.11 Å². The molecular formula is C13H19NO3. The summed E-state index contributed by atoms with van der Waals surface area (Å²) in [4.78, 5) is 11.4. The van der Waals surface area contributed by atoms with Crippen molar-refractivity contribution in [3.63, 3.8) is 0 Å². The molecule has 2 N–H and O–H groups in total. The van der Waals surface area contributed by atoms with E-state index in [0.29, 0.717) is 19.6 Å². The highest BCUT2D eigenvalue weighted by molar-refractivity contribution is 5.72. The normalized spacial score (nSPS) is 12.2. The molecule has 0 amide bonds. The van der Waals surface area contributed by atoms with Gasteiger partial charge in [0.15, 0.2) is 0 Å². The van der Waals surface area contributed by atoms with Crippen LogP contribution in [0.3, 0.4) is 0 Å². The van der Waals surface area contributed by atoms with Crippen LogP contribution in [0, 0.1) is 5.92 Å². The van der Waals surface area contributed by atoms with Crippen molar-refractivity contribution in [3.05, 3.63) is 35.4 Å². The topological polar surface area (TPSA) is 61.5 Å². The average molecular weight is 237 g/mol. The lowest BCUT2D eigenvalue weighted by Crippen LogP contribution is -2.26. The van der Waals surface area contributed by atoms with Gasteiger partial charge in [0.1, 0.15) is 0 Å². The number of rotatable bonds is 6. The minimum atomic E-state index is -0.270. The van der Waals surface area contributed by atoms with Gasteiger partial charge in [-0.25, -0.2) is 0 Å². The fraction of sp³-hybridized carbons (Fsp3) is 0.462. The second-order valence-corrected chi connectivity index (χ2v) is 3.91. The van der Waals surface area contributed by atoms with Crippen molar-refractivity contribution in [2.24, 2.45) is 11.7 Å². The second kappa shape index (κ2) is 7.04. The summed E-state index contributed by atoms with van der Waals surface area (Å²) in [6.45, 7) is 0.893. The first-order valence-corrected chi connectivity index (χ1v) is 5.56. The molecule has 0 bridgehead atoms.